The highest BCUT2D eigenvalue weighted by Gasteiger charge is 2.28. The van der Waals surface area contributed by atoms with E-state index in [1.807, 2.05) is 0 Å². The minimum Gasteiger partial charge on any atom is -0.379 e. The summed E-state index contributed by atoms with van der Waals surface area (Å²) in [5, 5.41) is 0. The van der Waals surface area contributed by atoms with Crippen molar-refractivity contribution in [3.63, 3.8) is 0 Å². The van der Waals surface area contributed by atoms with Crippen molar-refractivity contribution in [2.24, 2.45) is 0 Å². The minimum absolute atomic E-state index is 0.249. The maximum Gasteiger partial charge on any atom is 0.330 e. The summed E-state index contributed by atoms with van der Waals surface area (Å²) in [5.74, 6) is 0. The Bertz CT molecular complexity index is 506. The third-order valence-electron chi connectivity index (χ3n) is 2.49. The first-order valence-electron chi connectivity index (χ1n) is 5.20. The van der Waals surface area contributed by atoms with Gasteiger partial charge < -0.3 is 14.2 Å². The van der Waals surface area contributed by atoms with Gasteiger partial charge in [0.1, 0.15) is 0 Å². The van der Waals surface area contributed by atoms with Crippen LogP contribution in [0.1, 0.15) is 11.8 Å². The normalized spacial score (nSPS) is 24.1. The van der Waals surface area contributed by atoms with E-state index in [-0.39, 0.29) is 6.61 Å². The van der Waals surface area contributed by atoms with Crippen LogP contribution in [0.3, 0.4) is 0 Å². The maximum atomic E-state index is 11.6. The van der Waals surface area contributed by atoms with Crippen molar-refractivity contribution in [2.75, 3.05) is 20.3 Å². The lowest BCUT2D eigenvalue weighted by Gasteiger charge is -2.13. The molecule has 2 atom stereocenters. The van der Waals surface area contributed by atoms with E-state index in [0.717, 1.165) is 0 Å². The standard InChI is InChI=1S/C10H14N2O5/c1-6-3-12(10(14)11-9(6)13)7-4-16-8(17-7)5-15-2/h3,7-8H,4-5H2,1-2H3,(H,11,13,14)/t7?,8-/m0/s1. The quantitative estimate of drug-likeness (QED) is 0.762. The first kappa shape index (κ1) is 12.0. The van der Waals surface area contributed by atoms with E-state index < -0.39 is 23.8 Å². The molecule has 2 heterocycles. The van der Waals surface area contributed by atoms with E-state index in [0.29, 0.717) is 12.2 Å². The van der Waals surface area contributed by atoms with E-state index in [2.05, 4.69) is 4.98 Å². The fraction of sp³-hybridized carbons (Fsp3) is 0.600. The summed E-state index contributed by atoms with van der Waals surface area (Å²) < 4.78 is 16.9. The van der Waals surface area contributed by atoms with Gasteiger partial charge in [-0.1, -0.05) is 0 Å². The zero-order chi connectivity index (χ0) is 12.4. The Hall–Kier alpha value is -1.44. The van der Waals surface area contributed by atoms with Gasteiger partial charge >= 0.3 is 5.69 Å². The van der Waals surface area contributed by atoms with Crippen molar-refractivity contribution in [1.29, 1.82) is 0 Å². The van der Waals surface area contributed by atoms with Crippen LogP contribution in [0, 0.1) is 6.92 Å². The molecule has 1 saturated heterocycles. The smallest absolute Gasteiger partial charge is 0.330 e. The molecule has 0 spiro atoms. The predicted octanol–water partition coefficient (Wildman–Crippen LogP) is -0.637. The first-order chi connectivity index (χ1) is 8.11. The number of aromatic amines is 1. The molecule has 17 heavy (non-hydrogen) atoms. The minimum atomic E-state index is -0.529. The van der Waals surface area contributed by atoms with E-state index in [1.165, 1.54) is 17.9 Å². The number of hydrogen-bond acceptors (Lipinski definition) is 5. The summed E-state index contributed by atoms with van der Waals surface area (Å²) in [4.78, 5) is 25.0. The molecule has 0 saturated carbocycles. The van der Waals surface area contributed by atoms with Crippen LogP contribution in [0.4, 0.5) is 0 Å². The number of ether oxygens (including phenoxy) is 3. The largest absolute Gasteiger partial charge is 0.379 e. The molecule has 2 rings (SSSR count). The van der Waals surface area contributed by atoms with Gasteiger partial charge in [-0.2, -0.15) is 0 Å². The summed E-state index contributed by atoms with van der Waals surface area (Å²) in [5.41, 5.74) is -0.450. The molecule has 7 heteroatoms. The molecular formula is C10H14N2O5. The second-order valence-electron chi connectivity index (χ2n) is 3.79. The topological polar surface area (TPSA) is 82.5 Å². The maximum absolute atomic E-state index is 11.6. The Morgan fingerprint density at radius 2 is 2.35 bits per heavy atom. The summed E-state index contributed by atoms with van der Waals surface area (Å²) in [6.07, 6.45) is 0.451. The lowest BCUT2D eigenvalue weighted by molar-refractivity contribution is -0.107. The number of hydrogen-bond donors (Lipinski definition) is 1. The zero-order valence-corrected chi connectivity index (χ0v) is 9.63. The number of aryl methyl sites for hydroxylation is 1. The zero-order valence-electron chi connectivity index (χ0n) is 9.63. The summed E-state index contributed by atoms with van der Waals surface area (Å²) in [6.45, 7) is 2.17. The average Bonchev–Trinajstić information content (AvgIpc) is 2.72. The lowest BCUT2D eigenvalue weighted by Crippen LogP contribution is -2.34. The third-order valence-corrected chi connectivity index (χ3v) is 2.49. The molecule has 0 amide bonds. The van der Waals surface area contributed by atoms with Gasteiger partial charge in [0.2, 0.25) is 0 Å². The SMILES string of the molecule is COC[C@H]1OCC(n2cc(C)c(=O)[nH]c2=O)O1. The van der Waals surface area contributed by atoms with E-state index in [1.54, 1.807) is 6.92 Å². The number of rotatable bonds is 3. The van der Waals surface area contributed by atoms with Crippen molar-refractivity contribution in [2.45, 2.75) is 19.4 Å². The molecule has 0 radical (unpaired) electrons. The van der Waals surface area contributed by atoms with Crippen LogP contribution in [0.5, 0.6) is 0 Å². The highest BCUT2D eigenvalue weighted by atomic mass is 16.7. The van der Waals surface area contributed by atoms with Crippen molar-refractivity contribution in [1.82, 2.24) is 9.55 Å². The highest BCUT2D eigenvalue weighted by Crippen LogP contribution is 2.19. The summed E-state index contributed by atoms with van der Waals surface area (Å²) in [6, 6.07) is 0. The predicted molar refractivity (Wildman–Crippen MR) is 57.8 cm³/mol. The van der Waals surface area contributed by atoms with Gasteiger partial charge in [-0.3, -0.25) is 14.3 Å². The van der Waals surface area contributed by atoms with Gasteiger partial charge in [0, 0.05) is 18.9 Å². The van der Waals surface area contributed by atoms with Gasteiger partial charge in [0.05, 0.1) is 13.2 Å². The molecule has 0 aliphatic carbocycles. The number of nitrogens with zero attached hydrogens (tertiary/aromatic N) is 1. The van der Waals surface area contributed by atoms with Crippen molar-refractivity contribution >= 4 is 0 Å². The Labute approximate surface area is 96.9 Å². The molecule has 7 nitrogen and oxygen atoms in total. The van der Waals surface area contributed by atoms with Crippen LogP contribution >= 0.6 is 0 Å². The van der Waals surface area contributed by atoms with Crippen LogP contribution in [-0.2, 0) is 14.2 Å². The van der Waals surface area contributed by atoms with Gasteiger partial charge in [-0.25, -0.2) is 4.79 Å². The molecule has 0 aromatic carbocycles. The lowest BCUT2D eigenvalue weighted by atomic mass is 10.4. The van der Waals surface area contributed by atoms with Crippen molar-refractivity contribution in [3.05, 3.63) is 32.6 Å². The number of nitrogens with one attached hydrogen (secondary N) is 1. The Kier molecular flexibility index (Phi) is 3.41. The third kappa shape index (κ3) is 2.46. The molecule has 1 aromatic rings. The molecule has 1 aliphatic rings. The van der Waals surface area contributed by atoms with Crippen molar-refractivity contribution < 1.29 is 14.2 Å². The van der Waals surface area contributed by atoms with E-state index in [9.17, 15) is 9.59 Å². The Morgan fingerprint density at radius 1 is 1.59 bits per heavy atom. The van der Waals surface area contributed by atoms with Crippen LogP contribution in [-0.4, -0.2) is 36.2 Å². The highest BCUT2D eigenvalue weighted by molar-refractivity contribution is 5.01. The Balaban J connectivity index is 2.22. The average molecular weight is 242 g/mol. The van der Waals surface area contributed by atoms with Crippen molar-refractivity contribution in [3.8, 4) is 0 Å². The fourth-order valence-corrected chi connectivity index (χ4v) is 1.61. The first-order valence-corrected chi connectivity index (χ1v) is 5.20. The molecule has 1 N–H and O–H groups in total. The van der Waals surface area contributed by atoms with Gasteiger partial charge in [0.15, 0.2) is 12.5 Å². The number of methoxy groups -OCH3 is 1. The van der Waals surface area contributed by atoms with Crippen LogP contribution < -0.4 is 11.2 Å². The second kappa shape index (κ2) is 4.82. The fourth-order valence-electron chi connectivity index (χ4n) is 1.61. The van der Waals surface area contributed by atoms with Gasteiger partial charge in [0.25, 0.3) is 5.56 Å². The molecular weight excluding hydrogens is 228 g/mol. The van der Waals surface area contributed by atoms with Crippen LogP contribution in [0.2, 0.25) is 0 Å². The summed E-state index contributed by atoms with van der Waals surface area (Å²) in [7, 11) is 1.54. The summed E-state index contributed by atoms with van der Waals surface area (Å²) >= 11 is 0. The molecule has 94 valence electrons. The monoisotopic (exact) mass is 242 g/mol. The molecule has 1 unspecified atom stereocenters. The van der Waals surface area contributed by atoms with Gasteiger partial charge in [-0.15, -0.1) is 0 Å². The van der Waals surface area contributed by atoms with Crippen LogP contribution in [0.25, 0.3) is 0 Å². The number of H-pyrrole nitrogens is 1. The molecule has 1 aromatic heterocycles. The molecule has 0 bridgehead atoms. The Morgan fingerprint density at radius 3 is 3.06 bits per heavy atom. The van der Waals surface area contributed by atoms with Gasteiger partial charge in [-0.05, 0) is 6.92 Å². The number of aromatic nitrogens is 2. The van der Waals surface area contributed by atoms with E-state index in [4.69, 9.17) is 14.2 Å². The second-order valence-corrected chi connectivity index (χ2v) is 3.79. The molecule has 1 aliphatic heterocycles. The molecule has 1 fully saturated rings. The van der Waals surface area contributed by atoms with E-state index >= 15 is 0 Å². The van der Waals surface area contributed by atoms with Crippen LogP contribution in [0.15, 0.2) is 15.8 Å².